The van der Waals surface area contributed by atoms with E-state index in [9.17, 15) is 9.59 Å². The van der Waals surface area contributed by atoms with Crippen LogP contribution in [-0.4, -0.2) is 53.3 Å². The molecule has 3 rings (SSSR count). The third-order valence-electron chi connectivity index (χ3n) is 6.65. The highest BCUT2D eigenvalue weighted by atomic mass is 35.5. The maximum absolute atomic E-state index is 13.0. The molecule has 0 aromatic rings. The van der Waals surface area contributed by atoms with Crippen LogP contribution in [0.4, 0.5) is 0 Å². The first-order valence-corrected chi connectivity index (χ1v) is 10.3. The normalized spacial score (nSPS) is 30.6. The second kappa shape index (κ2) is 9.41. The Hall–Kier alpha value is -0.810. The van der Waals surface area contributed by atoms with Crippen molar-refractivity contribution in [3.05, 3.63) is 0 Å². The van der Waals surface area contributed by atoms with Gasteiger partial charge in [0.05, 0.1) is 5.92 Å². The smallest absolute Gasteiger partial charge is 0.227 e. The Kier molecular flexibility index (Phi) is 7.77. The first kappa shape index (κ1) is 21.5. The average Bonchev–Trinajstić information content (AvgIpc) is 2.95. The van der Waals surface area contributed by atoms with Gasteiger partial charge in [-0.2, -0.15) is 0 Å². The van der Waals surface area contributed by atoms with Crippen LogP contribution in [0.15, 0.2) is 0 Å². The molecule has 3 aliphatic rings. The molecule has 26 heavy (non-hydrogen) atoms. The quantitative estimate of drug-likeness (QED) is 0.812. The number of carbonyl (C=O) groups is 2. The summed E-state index contributed by atoms with van der Waals surface area (Å²) in [7, 11) is 0. The summed E-state index contributed by atoms with van der Waals surface area (Å²) in [6.45, 7) is 4.94. The average molecular weight is 386 g/mol. The number of amides is 2. The largest absolute Gasteiger partial charge is 0.341 e. The molecule has 2 N–H and O–H groups in total. The monoisotopic (exact) mass is 385 g/mol. The summed E-state index contributed by atoms with van der Waals surface area (Å²) in [5.41, 5.74) is 6.05. The predicted molar refractivity (Wildman–Crippen MR) is 106 cm³/mol. The summed E-state index contributed by atoms with van der Waals surface area (Å²) >= 11 is 0. The fourth-order valence-corrected chi connectivity index (χ4v) is 4.96. The van der Waals surface area contributed by atoms with Gasteiger partial charge in [-0.3, -0.25) is 9.59 Å². The number of halogens is 1. The summed E-state index contributed by atoms with van der Waals surface area (Å²) in [5.74, 6) is 1.05. The Morgan fingerprint density at radius 3 is 2.23 bits per heavy atom. The summed E-state index contributed by atoms with van der Waals surface area (Å²) in [6, 6.07) is 0. The standard InChI is InChI=1S/C20H35N3O2.ClH/c1-20(21)10-5-4-9-17(20)19(25)23-12-6-11-22(13-14-23)18(24)15-16-7-2-3-8-16;/h16-17H,2-15,21H2,1H3;1H. The van der Waals surface area contributed by atoms with Crippen molar-refractivity contribution in [2.45, 2.75) is 76.7 Å². The molecular formula is C20H36ClN3O2. The summed E-state index contributed by atoms with van der Waals surface area (Å²) in [4.78, 5) is 29.6. The number of nitrogens with two attached hydrogens (primary N) is 1. The minimum atomic E-state index is -0.375. The second-order valence-electron chi connectivity index (χ2n) is 8.72. The summed E-state index contributed by atoms with van der Waals surface area (Å²) < 4.78 is 0. The van der Waals surface area contributed by atoms with Gasteiger partial charge in [0.1, 0.15) is 0 Å². The Labute approximate surface area is 164 Å². The van der Waals surface area contributed by atoms with Crippen molar-refractivity contribution in [2.75, 3.05) is 26.2 Å². The molecular weight excluding hydrogens is 350 g/mol. The van der Waals surface area contributed by atoms with Crippen molar-refractivity contribution < 1.29 is 9.59 Å². The van der Waals surface area contributed by atoms with Gasteiger partial charge in [0.15, 0.2) is 0 Å². The van der Waals surface area contributed by atoms with Crippen LogP contribution in [0.5, 0.6) is 0 Å². The van der Waals surface area contributed by atoms with E-state index in [1.165, 1.54) is 25.7 Å². The van der Waals surface area contributed by atoms with Crippen LogP contribution < -0.4 is 5.73 Å². The molecule has 0 spiro atoms. The number of rotatable bonds is 3. The van der Waals surface area contributed by atoms with Crippen molar-refractivity contribution in [1.29, 1.82) is 0 Å². The van der Waals surface area contributed by atoms with Crippen molar-refractivity contribution in [2.24, 2.45) is 17.6 Å². The molecule has 1 heterocycles. The van der Waals surface area contributed by atoms with E-state index in [0.717, 1.165) is 45.2 Å². The van der Waals surface area contributed by atoms with Crippen LogP contribution in [0.3, 0.4) is 0 Å². The Bertz CT molecular complexity index is 491. The van der Waals surface area contributed by atoms with Crippen LogP contribution >= 0.6 is 12.4 Å². The van der Waals surface area contributed by atoms with E-state index in [1.54, 1.807) is 0 Å². The van der Waals surface area contributed by atoms with Crippen LogP contribution in [0.25, 0.3) is 0 Å². The summed E-state index contributed by atoms with van der Waals surface area (Å²) in [5, 5.41) is 0. The molecule has 0 aromatic carbocycles. The van der Waals surface area contributed by atoms with Crippen LogP contribution in [0.2, 0.25) is 0 Å². The molecule has 2 unspecified atom stereocenters. The molecule has 2 amide bonds. The van der Waals surface area contributed by atoms with Crippen LogP contribution in [0.1, 0.15) is 71.1 Å². The van der Waals surface area contributed by atoms with E-state index in [4.69, 9.17) is 5.73 Å². The third kappa shape index (κ3) is 5.13. The van der Waals surface area contributed by atoms with Gasteiger partial charge in [0.2, 0.25) is 11.8 Å². The molecule has 1 aliphatic heterocycles. The fourth-order valence-electron chi connectivity index (χ4n) is 4.96. The molecule has 2 atom stereocenters. The van der Waals surface area contributed by atoms with E-state index < -0.39 is 0 Å². The lowest BCUT2D eigenvalue weighted by molar-refractivity contribution is -0.139. The molecule has 2 aliphatic carbocycles. The fraction of sp³-hybridized carbons (Fsp3) is 0.900. The van der Waals surface area contributed by atoms with Gasteiger partial charge in [0, 0.05) is 38.1 Å². The zero-order valence-electron chi connectivity index (χ0n) is 16.3. The van der Waals surface area contributed by atoms with E-state index >= 15 is 0 Å². The number of hydrogen-bond donors (Lipinski definition) is 1. The van der Waals surface area contributed by atoms with Crippen molar-refractivity contribution in [1.82, 2.24) is 9.80 Å². The topological polar surface area (TPSA) is 66.6 Å². The lowest BCUT2D eigenvalue weighted by Gasteiger charge is -2.39. The van der Waals surface area contributed by atoms with Gasteiger partial charge >= 0.3 is 0 Å². The minimum absolute atomic E-state index is 0. The Morgan fingerprint density at radius 2 is 1.54 bits per heavy atom. The van der Waals surface area contributed by atoms with E-state index in [2.05, 4.69) is 0 Å². The number of nitrogens with zero attached hydrogens (tertiary/aromatic N) is 2. The number of hydrogen-bond acceptors (Lipinski definition) is 3. The number of carbonyl (C=O) groups excluding carboxylic acids is 2. The Morgan fingerprint density at radius 1 is 0.923 bits per heavy atom. The molecule has 6 heteroatoms. The van der Waals surface area contributed by atoms with E-state index in [-0.39, 0.29) is 29.8 Å². The first-order chi connectivity index (χ1) is 12.0. The maximum Gasteiger partial charge on any atom is 0.227 e. The highest BCUT2D eigenvalue weighted by molar-refractivity contribution is 5.85. The molecule has 150 valence electrons. The molecule has 0 radical (unpaired) electrons. The maximum atomic E-state index is 13.0. The molecule has 5 nitrogen and oxygen atoms in total. The van der Waals surface area contributed by atoms with Gasteiger partial charge in [-0.15, -0.1) is 12.4 Å². The highest BCUT2D eigenvalue weighted by Gasteiger charge is 2.40. The predicted octanol–water partition coefficient (Wildman–Crippen LogP) is 2.96. The van der Waals surface area contributed by atoms with Gasteiger partial charge in [-0.05, 0) is 44.9 Å². The van der Waals surface area contributed by atoms with E-state index in [1.807, 2.05) is 16.7 Å². The van der Waals surface area contributed by atoms with Gasteiger partial charge in [-0.1, -0.05) is 25.7 Å². The lowest BCUT2D eigenvalue weighted by Crippen LogP contribution is -2.54. The molecule has 0 bridgehead atoms. The minimum Gasteiger partial charge on any atom is -0.341 e. The molecule has 0 aromatic heterocycles. The van der Waals surface area contributed by atoms with Crippen molar-refractivity contribution in [3.8, 4) is 0 Å². The van der Waals surface area contributed by atoms with Crippen molar-refractivity contribution >= 4 is 24.2 Å². The van der Waals surface area contributed by atoms with Gasteiger partial charge in [-0.25, -0.2) is 0 Å². The second-order valence-corrected chi connectivity index (χ2v) is 8.72. The van der Waals surface area contributed by atoms with Crippen LogP contribution in [-0.2, 0) is 9.59 Å². The van der Waals surface area contributed by atoms with E-state index in [0.29, 0.717) is 31.3 Å². The van der Waals surface area contributed by atoms with Crippen molar-refractivity contribution in [3.63, 3.8) is 0 Å². The summed E-state index contributed by atoms with van der Waals surface area (Å²) in [6.07, 6.45) is 10.6. The van der Waals surface area contributed by atoms with Gasteiger partial charge in [0.25, 0.3) is 0 Å². The van der Waals surface area contributed by atoms with Crippen LogP contribution in [0, 0.1) is 11.8 Å². The lowest BCUT2D eigenvalue weighted by atomic mass is 9.74. The molecule has 2 saturated carbocycles. The zero-order valence-corrected chi connectivity index (χ0v) is 17.1. The SMILES string of the molecule is CC1(N)CCCCC1C(=O)N1CCCN(C(=O)CC2CCCC2)CC1.Cl. The molecule has 3 fully saturated rings. The third-order valence-corrected chi connectivity index (χ3v) is 6.65. The first-order valence-electron chi connectivity index (χ1n) is 10.3. The Balaban J connectivity index is 0.00000243. The van der Waals surface area contributed by atoms with Gasteiger partial charge < -0.3 is 15.5 Å². The highest BCUT2D eigenvalue weighted by Crippen LogP contribution is 2.33. The zero-order chi connectivity index (χ0) is 17.9. The molecule has 1 saturated heterocycles.